The molecule has 0 radical (unpaired) electrons. The van der Waals surface area contributed by atoms with Crippen LogP contribution in [0.4, 0.5) is 0 Å². The fourth-order valence-corrected chi connectivity index (χ4v) is 1.69. The van der Waals surface area contributed by atoms with Crippen LogP contribution in [-0.4, -0.2) is 23.0 Å². The average molecular weight is 249 g/mol. The Hall–Kier alpha value is -1.84. The fourth-order valence-electron chi connectivity index (χ4n) is 1.69. The molecular weight excluding hydrogens is 230 g/mol. The summed E-state index contributed by atoms with van der Waals surface area (Å²) in [6.45, 7) is 3.88. The van der Waals surface area contributed by atoms with Crippen molar-refractivity contribution in [2.24, 2.45) is 0 Å². The molecule has 0 heterocycles. The summed E-state index contributed by atoms with van der Waals surface area (Å²) in [6.07, 6.45) is 2.15. The number of carbonyl (C=O) groups excluding carboxylic acids is 1. The van der Waals surface area contributed by atoms with Crippen molar-refractivity contribution in [3.63, 3.8) is 0 Å². The quantitative estimate of drug-likeness (QED) is 0.813. The van der Waals surface area contributed by atoms with Gasteiger partial charge in [0.1, 0.15) is 6.04 Å². The minimum atomic E-state index is -0.982. The van der Waals surface area contributed by atoms with Crippen molar-refractivity contribution in [2.45, 2.75) is 39.2 Å². The monoisotopic (exact) mass is 249 g/mol. The summed E-state index contributed by atoms with van der Waals surface area (Å²) in [6, 6.07) is 6.29. The minimum absolute atomic E-state index is 0.331. The van der Waals surface area contributed by atoms with E-state index in [1.54, 1.807) is 18.2 Å². The molecule has 0 fully saturated rings. The predicted octanol–water partition coefficient (Wildman–Crippen LogP) is 2.37. The second-order valence-corrected chi connectivity index (χ2v) is 4.38. The Morgan fingerprint density at radius 2 is 2.11 bits per heavy atom. The van der Waals surface area contributed by atoms with E-state index in [9.17, 15) is 9.59 Å². The molecule has 0 aliphatic heterocycles. The summed E-state index contributed by atoms with van der Waals surface area (Å²) in [5, 5.41) is 11.6. The van der Waals surface area contributed by atoms with Gasteiger partial charge in [-0.2, -0.15) is 0 Å². The second kappa shape index (κ2) is 6.79. The lowest BCUT2D eigenvalue weighted by Gasteiger charge is -2.14. The van der Waals surface area contributed by atoms with Crippen molar-refractivity contribution in [1.82, 2.24) is 5.32 Å². The van der Waals surface area contributed by atoms with Gasteiger partial charge in [-0.25, -0.2) is 4.79 Å². The van der Waals surface area contributed by atoms with Crippen LogP contribution in [0.1, 0.15) is 42.1 Å². The van der Waals surface area contributed by atoms with Gasteiger partial charge in [-0.15, -0.1) is 0 Å². The topological polar surface area (TPSA) is 66.4 Å². The highest BCUT2D eigenvalue weighted by atomic mass is 16.4. The fraction of sp³-hybridized carbons (Fsp3) is 0.429. The SMILES string of the molecule is CCCCC(NC(=O)c1cccc(C)c1)C(=O)O. The number of amides is 1. The van der Waals surface area contributed by atoms with E-state index in [-0.39, 0.29) is 5.91 Å². The molecule has 0 saturated carbocycles. The molecule has 0 saturated heterocycles. The molecule has 1 unspecified atom stereocenters. The van der Waals surface area contributed by atoms with Gasteiger partial charge in [-0.3, -0.25) is 4.79 Å². The third-order valence-corrected chi connectivity index (χ3v) is 2.73. The van der Waals surface area contributed by atoms with Crippen LogP contribution in [-0.2, 0) is 4.79 Å². The highest BCUT2D eigenvalue weighted by Gasteiger charge is 2.19. The smallest absolute Gasteiger partial charge is 0.326 e. The number of rotatable bonds is 6. The van der Waals surface area contributed by atoms with E-state index in [2.05, 4.69) is 5.32 Å². The summed E-state index contributed by atoms with van der Waals surface area (Å²) in [4.78, 5) is 22.9. The molecule has 18 heavy (non-hydrogen) atoms. The largest absolute Gasteiger partial charge is 0.480 e. The normalized spacial score (nSPS) is 11.9. The van der Waals surface area contributed by atoms with E-state index in [1.165, 1.54) is 0 Å². The minimum Gasteiger partial charge on any atom is -0.480 e. The number of carboxylic acid groups (broad SMARTS) is 1. The molecule has 4 heteroatoms. The number of hydrogen-bond acceptors (Lipinski definition) is 2. The molecule has 1 aromatic rings. The lowest BCUT2D eigenvalue weighted by Crippen LogP contribution is -2.40. The first-order valence-electron chi connectivity index (χ1n) is 6.15. The average Bonchev–Trinajstić information content (AvgIpc) is 2.33. The van der Waals surface area contributed by atoms with E-state index in [0.29, 0.717) is 12.0 Å². The lowest BCUT2D eigenvalue weighted by atomic mass is 10.1. The van der Waals surface area contributed by atoms with Crippen molar-refractivity contribution in [3.05, 3.63) is 35.4 Å². The molecule has 0 spiro atoms. The Bertz CT molecular complexity index is 429. The van der Waals surface area contributed by atoms with Crippen LogP contribution in [0.25, 0.3) is 0 Å². The first-order chi connectivity index (χ1) is 8.54. The Morgan fingerprint density at radius 1 is 1.39 bits per heavy atom. The molecule has 0 aliphatic carbocycles. The van der Waals surface area contributed by atoms with Gasteiger partial charge in [-0.05, 0) is 25.5 Å². The third-order valence-electron chi connectivity index (χ3n) is 2.73. The lowest BCUT2D eigenvalue weighted by molar-refractivity contribution is -0.139. The molecule has 1 aromatic carbocycles. The van der Waals surface area contributed by atoms with Gasteiger partial charge < -0.3 is 10.4 Å². The van der Waals surface area contributed by atoms with Gasteiger partial charge in [0.2, 0.25) is 0 Å². The Morgan fingerprint density at radius 3 is 2.67 bits per heavy atom. The number of carbonyl (C=O) groups is 2. The van der Waals surface area contributed by atoms with E-state index in [4.69, 9.17) is 5.11 Å². The zero-order chi connectivity index (χ0) is 13.5. The van der Waals surface area contributed by atoms with E-state index in [0.717, 1.165) is 18.4 Å². The van der Waals surface area contributed by atoms with Gasteiger partial charge >= 0.3 is 5.97 Å². The van der Waals surface area contributed by atoms with Crippen molar-refractivity contribution >= 4 is 11.9 Å². The van der Waals surface area contributed by atoms with Crippen LogP contribution in [0.2, 0.25) is 0 Å². The van der Waals surface area contributed by atoms with Crippen LogP contribution in [0.15, 0.2) is 24.3 Å². The Balaban J connectivity index is 2.69. The first-order valence-corrected chi connectivity index (χ1v) is 6.15. The standard InChI is InChI=1S/C14H19NO3/c1-3-4-8-12(14(17)18)15-13(16)11-7-5-6-10(2)9-11/h5-7,9,12H,3-4,8H2,1-2H3,(H,15,16)(H,17,18). The zero-order valence-electron chi connectivity index (χ0n) is 10.8. The molecular formula is C14H19NO3. The first kappa shape index (κ1) is 14.2. The summed E-state index contributed by atoms with van der Waals surface area (Å²) >= 11 is 0. The van der Waals surface area contributed by atoms with Gasteiger partial charge in [0.05, 0.1) is 0 Å². The van der Waals surface area contributed by atoms with Gasteiger partial charge in [0.15, 0.2) is 0 Å². The summed E-state index contributed by atoms with van der Waals surface area (Å²) in [7, 11) is 0. The van der Waals surface area contributed by atoms with E-state index >= 15 is 0 Å². The van der Waals surface area contributed by atoms with Crippen LogP contribution >= 0.6 is 0 Å². The van der Waals surface area contributed by atoms with Crippen LogP contribution in [0.5, 0.6) is 0 Å². The molecule has 0 bridgehead atoms. The number of aliphatic carboxylic acids is 1. The van der Waals surface area contributed by atoms with Crippen molar-refractivity contribution < 1.29 is 14.7 Å². The third kappa shape index (κ3) is 4.20. The van der Waals surface area contributed by atoms with Crippen LogP contribution in [0.3, 0.4) is 0 Å². The number of hydrogen-bond donors (Lipinski definition) is 2. The Kier molecular flexibility index (Phi) is 5.36. The van der Waals surface area contributed by atoms with Crippen LogP contribution in [0, 0.1) is 6.92 Å². The molecule has 0 aromatic heterocycles. The molecule has 1 amide bonds. The summed E-state index contributed by atoms with van der Waals surface area (Å²) < 4.78 is 0. The maximum absolute atomic E-state index is 11.9. The number of benzene rings is 1. The van der Waals surface area contributed by atoms with Gasteiger partial charge in [0, 0.05) is 5.56 Å². The maximum Gasteiger partial charge on any atom is 0.326 e. The molecule has 1 atom stereocenters. The van der Waals surface area contributed by atoms with E-state index < -0.39 is 12.0 Å². The predicted molar refractivity (Wildman–Crippen MR) is 69.6 cm³/mol. The molecule has 2 N–H and O–H groups in total. The summed E-state index contributed by atoms with van der Waals surface area (Å²) in [5.41, 5.74) is 1.47. The maximum atomic E-state index is 11.9. The van der Waals surface area contributed by atoms with Crippen molar-refractivity contribution in [3.8, 4) is 0 Å². The second-order valence-electron chi connectivity index (χ2n) is 4.38. The molecule has 0 aliphatic rings. The molecule has 1 rings (SSSR count). The molecule has 4 nitrogen and oxygen atoms in total. The Labute approximate surface area is 107 Å². The highest BCUT2D eigenvalue weighted by molar-refractivity contribution is 5.96. The number of unbranched alkanes of at least 4 members (excludes halogenated alkanes) is 1. The molecule has 98 valence electrons. The zero-order valence-corrected chi connectivity index (χ0v) is 10.8. The number of aryl methyl sites for hydroxylation is 1. The highest BCUT2D eigenvalue weighted by Crippen LogP contribution is 2.06. The van der Waals surface area contributed by atoms with Crippen LogP contribution < -0.4 is 5.32 Å². The van der Waals surface area contributed by atoms with Crippen molar-refractivity contribution in [2.75, 3.05) is 0 Å². The van der Waals surface area contributed by atoms with Gasteiger partial charge in [-0.1, -0.05) is 37.5 Å². The number of nitrogens with one attached hydrogen (secondary N) is 1. The number of carboxylic acids is 1. The summed E-state index contributed by atoms with van der Waals surface area (Å²) in [5.74, 6) is -1.31. The van der Waals surface area contributed by atoms with Gasteiger partial charge in [0.25, 0.3) is 5.91 Å². The van der Waals surface area contributed by atoms with E-state index in [1.807, 2.05) is 19.9 Å². The van der Waals surface area contributed by atoms with Crippen molar-refractivity contribution in [1.29, 1.82) is 0 Å².